The quantitative estimate of drug-likeness (QED) is 0.695. The molecule has 3 aromatic rings. The molecule has 18 heavy (non-hydrogen) atoms. The third kappa shape index (κ3) is 1.74. The van der Waals surface area contributed by atoms with Gasteiger partial charge in [-0.3, -0.25) is 0 Å². The summed E-state index contributed by atoms with van der Waals surface area (Å²) in [6, 6.07) is 16.5. The van der Waals surface area contributed by atoms with Gasteiger partial charge in [-0.15, -0.1) is 0 Å². The van der Waals surface area contributed by atoms with Crippen LogP contribution in [0.3, 0.4) is 0 Å². The van der Waals surface area contributed by atoms with E-state index in [2.05, 4.69) is 40.7 Å². The molecule has 0 aliphatic heterocycles. The highest BCUT2D eigenvalue weighted by Gasteiger charge is 2.10. The maximum Gasteiger partial charge on any atom is 0.0964 e. The van der Waals surface area contributed by atoms with E-state index in [9.17, 15) is 0 Å². The number of fused-ring (bicyclic) bond motifs is 1. The Morgan fingerprint density at radius 2 is 1.89 bits per heavy atom. The van der Waals surface area contributed by atoms with Crippen LogP contribution in [0.5, 0.6) is 0 Å². The lowest BCUT2D eigenvalue weighted by Gasteiger charge is -2.14. The van der Waals surface area contributed by atoms with E-state index in [1.165, 1.54) is 5.56 Å². The molecule has 0 fully saturated rings. The van der Waals surface area contributed by atoms with E-state index >= 15 is 0 Å². The first kappa shape index (κ1) is 10.8. The first-order valence-corrected chi connectivity index (χ1v) is 6.03. The van der Waals surface area contributed by atoms with Gasteiger partial charge in [0.15, 0.2) is 0 Å². The van der Waals surface area contributed by atoms with E-state index in [-0.39, 0.29) is 6.04 Å². The normalized spacial score (nSPS) is 12.7. The molecule has 1 atom stereocenters. The number of imidazole rings is 1. The van der Waals surface area contributed by atoms with Gasteiger partial charge in [-0.05, 0) is 30.7 Å². The van der Waals surface area contributed by atoms with E-state index in [0.717, 1.165) is 16.7 Å². The first-order valence-electron chi connectivity index (χ1n) is 6.03. The van der Waals surface area contributed by atoms with Gasteiger partial charge in [-0.2, -0.15) is 0 Å². The number of rotatable bonds is 2. The van der Waals surface area contributed by atoms with Crippen molar-refractivity contribution >= 4 is 16.7 Å². The highest BCUT2D eigenvalue weighted by Crippen LogP contribution is 2.24. The van der Waals surface area contributed by atoms with Crippen LogP contribution in [-0.2, 0) is 0 Å². The van der Waals surface area contributed by atoms with Crippen molar-refractivity contribution in [2.24, 2.45) is 0 Å². The molecule has 3 nitrogen and oxygen atoms in total. The summed E-state index contributed by atoms with van der Waals surface area (Å²) in [5.74, 6) is 0. The maximum absolute atomic E-state index is 5.77. The van der Waals surface area contributed by atoms with Crippen molar-refractivity contribution in [3.8, 4) is 0 Å². The van der Waals surface area contributed by atoms with E-state index in [4.69, 9.17) is 5.73 Å². The molecule has 0 spiro atoms. The number of aromatic nitrogens is 2. The molecule has 0 bridgehead atoms. The summed E-state index contributed by atoms with van der Waals surface area (Å²) in [4.78, 5) is 4.41. The molecule has 0 unspecified atom stereocenters. The molecular weight excluding hydrogens is 222 g/mol. The minimum absolute atomic E-state index is 0.264. The van der Waals surface area contributed by atoms with Gasteiger partial charge in [0.2, 0.25) is 0 Å². The number of nitrogen functional groups attached to an aromatic ring is 1. The Hall–Kier alpha value is -2.29. The van der Waals surface area contributed by atoms with Crippen LogP contribution in [0.4, 0.5) is 5.69 Å². The third-order valence-electron chi connectivity index (χ3n) is 3.30. The smallest absolute Gasteiger partial charge is 0.0964 e. The molecule has 0 saturated heterocycles. The van der Waals surface area contributed by atoms with Crippen molar-refractivity contribution < 1.29 is 0 Å². The molecule has 3 heteroatoms. The van der Waals surface area contributed by atoms with Gasteiger partial charge in [0, 0.05) is 5.69 Å². The molecule has 2 N–H and O–H groups in total. The average Bonchev–Trinajstić information content (AvgIpc) is 2.81. The van der Waals surface area contributed by atoms with Gasteiger partial charge in [0.1, 0.15) is 0 Å². The van der Waals surface area contributed by atoms with Crippen LogP contribution in [0.1, 0.15) is 18.5 Å². The van der Waals surface area contributed by atoms with Crippen LogP contribution in [0.2, 0.25) is 0 Å². The standard InChI is InChI=1S/C15H15N3/c1-11(12-5-3-2-4-6-12)18-10-17-14-9-13(16)7-8-15(14)18/h2-11H,16H2,1H3/t11-/m0/s1. The molecule has 1 heterocycles. The Balaban J connectivity index is 2.10. The van der Waals surface area contributed by atoms with Gasteiger partial charge in [0.05, 0.1) is 23.4 Å². The van der Waals surface area contributed by atoms with Crippen LogP contribution in [-0.4, -0.2) is 9.55 Å². The molecule has 0 saturated carbocycles. The number of hydrogen-bond acceptors (Lipinski definition) is 2. The van der Waals surface area contributed by atoms with E-state index in [1.54, 1.807) is 0 Å². The number of nitrogens with two attached hydrogens (primary N) is 1. The summed E-state index contributed by atoms with van der Waals surface area (Å²) < 4.78 is 2.17. The second kappa shape index (κ2) is 4.18. The number of anilines is 1. The minimum Gasteiger partial charge on any atom is -0.399 e. The zero-order valence-electron chi connectivity index (χ0n) is 10.2. The average molecular weight is 237 g/mol. The molecule has 0 radical (unpaired) electrons. The highest BCUT2D eigenvalue weighted by atomic mass is 15.1. The zero-order chi connectivity index (χ0) is 12.5. The molecule has 1 aromatic heterocycles. The molecule has 90 valence electrons. The third-order valence-corrected chi connectivity index (χ3v) is 3.30. The van der Waals surface area contributed by atoms with Gasteiger partial charge >= 0.3 is 0 Å². The summed E-state index contributed by atoms with van der Waals surface area (Å²) in [5.41, 5.74) is 9.85. The van der Waals surface area contributed by atoms with Gasteiger partial charge in [-0.1, -0.05) is 30.3 Å². The predicted molar refractivity (Wildman–Crippen MR) is 74.4 cm³/mol. The molecule has 2 aromatic carbocycles. The van der Waals surface area contributed by atoms with E-state index in [0.29, 0.717) is 0 Å². The van der Waals surface area contributed by atoms with Crippen LogP contribution >= 0.6 is 0 Å². The van der Waals surface area contributed by atoms with Crippen molar-refractivity contribution in [2.45, 2.75) is 13.0 Å². The Kier molecular flexibility index (Phi) is 2.52. The fraction of sp³-hybridized carbons (Fsp3) is 0.133. The monoisotopic (exact) mass is 237 g/mol. The summed E-state index contributed by atoms with van der Waals surface area (Å²) in [6.07, 6.45) is 1.88. The lowest BCUT2D eigenvalue weighted by Crippen LogP contribution is -2.05. The molecule has 3 rings (SSSR count). The SMILES string of the molecule is C[C@@H](c1ccccc1)n1cnc2cc(N)ccc21. The Bertz CT molecular complexity index is 671. The van der Waals surface area contributed by atoms with Gasteiger partial charge < -0.3 is 10.3 Å². The number of benzene rings is 2. The predicted octanol–water partition coefficient (Wildman–Crippen LogP) is 3.23. The van der Waals surface area contributed by atoms with Crippen molar-refractivity contribution in [3.63, 3.8) is 0 Å². The summed E-state index contributed by atoms with van der Waals surface area (Å²) in [6.45, 7) is 2.17. The van der Waals surface area contributed by atoms with Crippen LogP contribution in [0, 0.1) is 0 Å². The van der Waals surface area contributed by atoms with Gasteiger partial charge in [0.25, 0.3) is 0 Å². The number of hydrogen-bond donors (Lipinski definition) is 1. The number of nitrogens with zero attached hydrogens (tertiary/aromatic N) is 2. The largest absolute Gasteiger partial charge is 0.399 e. The molecular formula is C15H15N3. The second-order valence-corrected chi connectivity index (χ2v) is 4.49. The van der Waals surface area contributed by atoms with E-state index in [1.807, 2.05) is 30.6 Å². The van der Waals surface area contributed by atoms with Crippen LogP contribution in [0.15, 0.2) is 54.9 Å². The van der Waals surface area contributed by atoms with Gasteiger partial charge in [-0.25, -0.2) is 4.98 Å². The minimum atomic E-state index is 0.264. The summed E-state index contributed by atoms with van der Waals surface area (Å²) in [5, 5.41) is 0. The van der Waals surface area contributed by atoms with Crippen molar-refractivity contribution in [3.05, 3.63) is 60.4 Å². The Morgan fingerprint density at radius 1 is 1.11 bits per heavy atom. The topological polar surface area (TPSA) is 43.8 Å². The Labute approximate surface area is 106 Å². The van der Waals surface area contributed by atoms with Crippen molar-refractivity contribution in [1.82, 2.24) is 9.55 Å². The molecule has 0 aliphatic carbocycles. The Morgan fingerprint density at radius 3 is 2.67 bits per heavy atom. The van der Waals surface area contributed by atoms with Crippen molar-refractivity contribution in [2.75, 3.05) is 5.73 Å². The fourth-order valence-electron chi connectivity index (χ4n) is 2.25. The first-order chi connectivity index (χ1) is 8.75. The summed E-state index contributed by atoms with van der Waals surface area (Å²) in [7, 11) is 0. The highest BCUT2D eigenvalue weighted by molar-refractivity contribution is 5.79. The lowest BCUT2D eigenvalue weighted by molar-refractivity contribution is 0.658. The second-order valence-electron chi connectivity index (χ2n) is 4.49. The van der Waals surface area contributed by atoms with E-state index < -0.39 is 0 Å². The van der Waals surface area contributed by atoms with Crippen molar-refractivity contribution in [1.29, 1.82) is 0 Å². The molecule has 0 aliphatic rings. The summed E-state index contributed by atoms with van der Waals surface area (Å²) >= 11 is 0. The van der Waals surface area contributed by atoms with Crippen LogP contribution in [0.25, 0.3) is 11.0 Å². The maximum atomic E-state index is 5.77. The fourth-order valence-corrected chi connectivity index (χ4v) is 2.25. The lowest BCUT2D eigenvalue weighted by atomic mass is 10.1. The molecule has 0 amide bonds. The zero-order valence-corrected chi connectivity index (χ0v) is 10.2. The van der Waals surface area contributed by atoms with Crippen LogP contribution < -0.4 is 5.73 Å².